The molecule has 1 spiro atoms. The second kappa shape index (κ2) is 3.87. The average molecular weight is 194 g/mol. The lowest BCUT2D eigenvalue weighted by molar-refractivity contribution is 0.0570. The van der Waals surface area contributed by atoms with Crippen molar-refractivity contribution in [3.8, 4) is 0 Å². The molecular formula is C14H26. The lowest BCUT2D eigenvalue weighted by Gasteiger charge is -2.45. The smallest absolute Gasteiger partial charge is 0.0269 e. The standard InChI is InChI=1S/C14H26/c1-11(2)13-7-6-12(3)14(10-13)8-4-5-9-14/h11-13H,4-10H2,1-3H3. The molecule has 2 atom stereocenters. The van der Waals surface area contributed by atoms with E-state index in [1.54, 1.807) is 6.42 Å². The van der Waals surface area contributed by atoms with E-state index in [-0.39, 0.29) is 0 Å². The minimum atomic E-state index is 0.785. The van der Waals surface area contributed by atoms with Crippen LogP contribution in [0.2, 0.25) is 0 Å². The second-order valence-electron chi connectivity index (χ2n) is 6.26. The predicted molar refractivity (Wildman–Crippen MR) is 62.2 cm³/mol. The van der Waals surface area contributed by atoms with Gasteiger partial charge in [0.05, 0.1) is 0 Å². The summed E-state index contributed by atoms with van der Waals surface area (Å²) >= 11 is 0. The molecule has 0 radical (unpaired) electrons. The zero-order valence-corrected chi connectivity index (χ0v) is 10.2. The Morgan fingerprint density at radius 1 is 1.07 bits per heavy atom. The quantitative estimate of drug-likeness (QED) is 0.570. The lowest BCUT2D eigenvalue weighted by atomic mass is 9.61. The maximum absolute atomic E-state index is 2.52. The van der Waals surface area contributed by atoms with E-state index in [1.165, 1.54) is 38.5 Å². The fourth-order valence-electron chi connectivity index (χ4n) is 3.94. The van der Waals surface area contributed by atoms with Crippen molar-refractivity contribution in [2.75, 3.05) is 0 Å². The summed E-state index contributed by atoms with van der Waals surface area (Å²) in [6.07, 6.45) is 10.6. The molecule has 0 N–H and O–H groups in total. The summed E-state index contributed by atoms with van der Waals surface area (Å²) in [4.78, 5) is 0. The molecule has 2 aliphatic carbocycles. The van der Waals surface area contributed by atoms with E-state index in [9.17, 15) is 0 Å². The molecule has 2 saturated carbocycles. The van der Waals surface area contributed by atoms with E-state index < -0.39 is 0 Å². The summed E-state index contributed by atoms with van der Waals surface area (Å²) in [5.41, 5.74) is 0.785. The Kier molecular flexibility index (Phi) is 2.91. The summed E-state index contributed by atoms with van der Waals surface area (Å²) in [5.74, 6) is 2.96. The van der Waals surface area contributed by atoms with Crippen LogP contribution >= 0.6 is 0 Å². The number of rotatable bonds is 1. The molecule has 0 heterocycles. The SMILES string of the molecule is CC(C)C1CCC(C)C2(CCCC2)C1. The van der Waals surface area contributed by atoms with Gasteiger partial charge in [0.25, 0.3) is 0 Å². The van der Waals surface area contributed by atoms with Crippen LogP contribution in [-0.4, -0.2) is 0 Å². The van der Waals surface area contributed by atoms with Gasteiger partial charge in [0.2, 0.25) is 0 Å². The highest BCUT2D eigenvalue weighted by molar-refractivity contribution is 4.94. The Hall–Kier alpha value is 0. The van der Waals surface area contributed by atoms with Crippen molar-refractivity contribution in [2.45, 2.75) is 65.7 Å². The zero-order valence-electron chi connectivity index (χ0n) is 10.2. The molecule has 2 aliphatic rings. The zero-order chi connectivity index (χ0) is 10.2. The van der Waals surface area contributed by atoms with Gasteiger partial charge in [0.1, 0.15) is 0 Å². The Morgan fingerprint density at radius 3 is 2.29 bits per heavy atom. The van der Waals surface area contributed by atoms with Gasteiger partial charge < -0.3 is 0 Å². The first-order chi connectivity index (χ1) is 6.64. The van der Waals surface area contributed by atoms with Crippen LogP contribution in [0, 0.1) is 23.2 Å². The highest BCUT2D eigenvalue weighted by atomic mass is 14.5. The number of hydrogen-bond donors (Lipinski definition) is 0. The molecule has 2 rings (SSSR count). The van der Waals surface area contributed by atoms with Gasteiger partial charge in [-0.2, -0.15) is 0 Å². The van der Waals surface area contributed by atoms with Crippen molar-refractivity contribution < 1.29 is 0 Å². The summed E-state index contributed by atoms with van der Waals surface area (Å²) in [5, 5.41) is 0. The van der Waals surface area contributed by atoms with Gasteiger partial charge >= 0.3 is 0 Å². The fourth-order valence-corrected chi connectivity index (χ4v) is 3.94. The molecule has 0 aromatic rings. The molecule has 0 bridgehead atoms. The monoisotopic (exact) mass is 194 g/mol. The van der Waals surface area contributed by atoms with Crippen LogP contribution < -0.4 is 0 Å². The molecule has 0 aromatic heterocycles. The van der Waals surface area contributed by atoms with Crippen LogP contribution in [0.15, 0.2) is 0 Å². The fraction of sp³-hybridized carbons (Fsp3) is 1.00. The predicted octanol–water partition coefficient (Wildman–Crippen LogP) is 4.64. The Bertz CT molecular complexity index is 186. The highest BCUT2D eigenvalue weighted by Crippen LogP contribution is 2.54. The summed E-state index contributed by atoms with van der Waals surface area (Å²) in [7, 11) is 0. The minimum Gasteiger partial charge on any atom is -0.0625 e. The van der Waals surface area contributed by atoms with E-state index in [0.717, 1.165) is 23.2 Å². The molecule has 14 heavy (non-hydrogen) atoms. The van der Waals surface area contributed by atoms with Crippen molar-refractivity contribution in [3.63, 3.8) is 0 Å². The Labute approximate surface area is 89.5 Å². The van der Waals surface area contributed by atoms with E-state index in [1.807, 2.05) is 0 Å². The first kappa shape index (κ1) is 10.5. The molecular weight excluding hydrogens is 168 g/mol. The average Bonchev–Trinajstić information content (AvgIpc) is 2.59. The largest absolute Gasteiger partial charge is 0.0625 e. The summed E-state index contributed by atoms with van der Waals surface area (Å²) in [6.45, 7) is 7.36. The molecule has 2 fully saturated rings. The molecule has 0 amide bonds. The van der Waals surface area contributed by atoms with Crippen LogP contribution in [0.3, 0.4) is 0 Å². The molecule has 82 valence electrons. The second-order valence-corrected chi connectivity index (χ2v) is 6.26. The molecule has 0 aliphatic heterocycles. The highest BCUT2D eigenvalue weighted by Gasteiger charge is 2.43. The first-order valence-corrected chi connectivity index (χ1v) is 6.64. The molecule has 0 aromatic carbocycles. The van der Waals surface area contributed by atoms with Crippen molar-refractivity contribution >= 4 is 0 Å². The van der Waals surface area contributed by atoms with Gasteiger partial charge in [-0.05, 0) is 55.3 Å². The van der Waals surface area contributed by atoms with Crippen molar-refractivity contribution in [2.24, 2.45) is 23.2 Å². The molecule has 2 unspecified atom stereocenters. The van der Waals surface area contributed by atoms with Gasteiger partial charge in [-0.25, -0.2) is 0 Å². The van der Waals surface area contributed by atoms with Crippen molar-refractivity contribution in [1.29, 1.82) is 0 Å². The third-order valence-electron chi connectivity index (χ3n) is 5.23. The maximum Gasteiger partial charge on any atom is -0.0269 e. The maximum atomic E-state index is 2.52. The van der Waals surface area contributed by atoms with Crippen LogP contribution in [0.5, 0.6) is 0 Å². The lowest BCUT2D eigenvalue weighted by Crippen LogP contribution is -2.35. The normalized spacial score (nSPS) is 36.9. The van der Waals surface area contributed by atoms with Crippen LogP contribution in [-0.2, 0) is 0 Å². The van der Waals surface area contributed by atoms with Crippen LogP contribution in [0.25, 0.3) is 0 Å². The minimum absolute atomic E-state index is 0.785. The van der Waals surface area contributed by atoms with Crippen LogP contribution in [0.1, 0.15) is 65.7 Å². The third-order valence-corrected chi connectivity index (χ3v) is 5.23. The summed E-state index contributed by atoms with van der Waals surface area (Å²) in [6, 6.07) is 0. The molecule has 0 saturated heterocycles. The van der Waals surface area contributed by atoms with Crippen molar-refractivity contribution in [3.05, 3.63) is 0 Å². The topological polar surface area (TPSA) is 0 Å². The van der Waals surface area contributed by atoms with Gasteiger partial charge in [0.15, 0.2) is 0 Å². The van der Waals surface area contributed by atoms with Gasteiger partial charge in [-0.15, -0.1) is 0 Å². The van der Waals surface area contributed by atoms with Crippen LogP contribution in [0.4, 0.5) is 0 Å². The van der Waals surface area contributed by atoms with Gasteiger partial charge in [0, 0.05) is 0 Å². The Morgan fingerprint density at radius 2 is 1.71 bits per heavy atom. The van der Waals surface area contributed by atoms with E-state index in [2.05, 4.69) is 20.8 Å². The van der Waals surface area contributed by atoms with E-state index >= 15 is 0 Å². The van der Waals surface area contributed by atoms with E-state index in [4.69, 9.17) is 0 Å². The van der Waals surface area contributed by atoms with Gasteiger partial charge in [-0.3, -0.25) is 0 Å². The van der Waals surface area contributed by atoms with Crippen molar-refractivity contribution in [1.82, 2.24) is 0 Å². The summed E-state index contributed by atoms with van der Waals surface area (Å²) < 4.78 is 0. The van der Waals surface area contributed by atoms with Gasteiger partial charge in [-0.1, -0.05) is 33.6 Å². The molecule has 0 heteroatoms. The Balaban J connectivity index is 2.06. The van der Waals surface area contributed by atoms with E-state index in [0.29, 0.717) is 0 Å². The third kappa shape index (κ3) is 1.73. The molecule has 0 nitrogen and oxygen atoms in total. The first-order valence-electron chi connectivity index (χ1n) is 6.64. The number of hydrogen-bond acceptors (Lipinski definition) is 0.